The van der Waals surface area contributed by atoms with E-state index in [1.54, 1.807) is 0 Å². The first-order valence-corrected chi connectivity index (χ1v) is 6.96. The van der Waals surface area contributed by atoms with E-state index in [9.17, 15) is 9.90 Å². The van der Waals surface area contributed by atoms with Crippen molar-refractivity contribution in [3.63, 3.8) is 0 Å². The van der Waals surface area contributed by atoms with Crippen molar-refractivity contribution in [2.75, 3.05) is 13.7 Å². The van der Waals surface area contributed by atoms with Crippen LogP contribution >= 0.6 is 11.3 Å². The molecule has 6 heteroatoms. The van der Waals surface area contributed by atoms with Crippen LogP contribution in [-0.2, 0) is 16.1 Å². The number of carboxylic acids is 1. The van der Waals surface area contributed by atoms with Gasteiger partial charge in [0.1, 0.15) is 16.0 Å². The van der Waals surface area contributed by atoms with Crippen molar-refractivity contribution in [2.24, 2.45) is 5.41 Å². The van der Waals surface area contributed by atoms with Crippen LogP contribution in [0.25, 0.3) is 0 Å². The molecular formula is C13H21NO4S. The molecule has 0 saturated heterocycles. The number of aromatic nitrogens is 1. The van der Waals surface area contributed by atoms with Crippen LogP contribution in [0.2, 0.25) is 0 Å². The van der Waals surface area contributed by atoms with Crippen LogP contribution in [0.15, 0.2) is 0 Å². The topological polar surface area (TPSA) is 68.7 Å². The Morgan fingerprint density at radius 2 is 2.11 bits per heavy atom. The van der Waals surface area contributed by atoms with E-state index in [4.69, 9.17) is 9.47 Å². The van der Waals surface area contributed by atoms with Crippen LogP contribution in [0, 0.1) is 5.41 Å². The molecule has 1 aromatic heterocycles. The Morgan fingerprint density at radius 3 is 2.53 bits per heavy atom. The number of ether oxygens (including phenoxy) is 2. The summed E-state index contributed by atoms with van der Waals surface area (Å²) < 4.78 is 10.7. The van der Waals surface area contributed by atoms with E-state index in [0.29, 0.717) is 17.3 Å². The van der Waals surface area contributed by atoms with E-state index in [1.165, 1.54) is 18.4 Å². The highest BCUT2D eigenvalue weighted by Crippen LogP contribution is 2.38. The highest BCUT2D eigenvalue weighted by atomic mass is 32.1. The maximum atomic E-state index is 11.2. The van der Waals surface area contributed by atoms with E-state index in [0.717, 1.165) is 0 Å². The monoisotopic (exact) mass is 287 g/mol. The maximum absolute atomic E-state index is 11.2. The van der Waals surface area contributed by atoms with Gasteiger partial charge in [0.15, 0.2) is 0 Å². The second-order valence-electron chi connectivity index (χ2n) is 5.27. The predicted molar refractivity (Wildman–Crippen MR) is 73.6 cm³/mol. The van der Waals surface area contributed by atoms with Crippen molar-refractivity contribution in [1.82, 2.24) is 4.98 Å². The number of hydrogen-bond acceptors (Lipinski definition) is 5. The van der Waals surface area contributed by atoms with E-state index < -0.39 is 5.97 Å². The summed E-state index contributed by atoms with van der Waals surface area (Å²) >= 11 is 1.17. The zero-order chi connectivity index (χ0) is 14.6. The first-order chi connectivity index (χ1) is 8.81. The summed E-state index contributed by atoms with van der Waals surface area (Å²) in [5.74, 6) is -0.972. The lowest BCUT2D eigenvalue weighted by atomic mass is 9.89. The third-order valence-electron chi connectivity index (χ3n) is 2.53. The molecule has 0 fully saturated rings. The van der Waals surface area contributed by atoms with Gasteiger partial charge in [-0.05, 0) is 12.3 Å². The lowest BCUT2D eigenvalue weighted by Gasteiger charge is -2.28. The van der Waals surface area contributed by atoms with Gasteiger partial charge < -0.3 is 14.6 Å². The van der Waals surface area contributed by atoms with Gasteiger partial charge in [-0.25, -0.2) is 9.78 Å². The summed E-state index contributed by atoms with van der Waals surface area (Å²) in [6, 6.07) is 0. The Morgan fingerprint density at radius 1 is 1.47 bits per heavy atom. The van der Waals surface area contributed by atoms with Crippen LogP contribution in [0.1, 0.15) is 54.2 Å². The first kappa shape index (κ1) is 16.1. The minimum absolute atomic E-state index is 0.145. The van der Waals surface area contributed by atoms with Crippen LogP contribution in [-0.4, -0.2) is 29.8 Å². The molecule has 0 amide bonds. The Balaban J connectivity index is 3.17. The second-order valence-corrected chi connectivity index (χ2v) is 6.30. The van der Waals surface area contributed by atoms with Crippen LogP contribution in [0.3, 0.4) is 0 Å². The molecule has 1 aromatic rings. The van der Waals surface area contributed by atoms with E-state index in [-0.39, 0.29) is 23.0 Å². The summed E-state index contributed by atoms with van der Waals surface area (Å²) in [6.45, 7) is 8.81. The highest BCUT2D eigenvalue weighted by molar-refractivity contribution is 7.13. The Labute approximate surface area is 117 Å². The molecule has 1 unspecified atom stereocenters. The number of aromatic carboxylic acids is 1. The third kappa shape index (κ3) is 3.99. The molecule has 0 saturated carbocycles. The summed E-state index contributed by atoms with van der Waals surface area (Å²) in [7, 11) is 1.52. The Bertz CT molecular complexity index is 436. The number of hydrogen-bond donors (Lipinski definition) is 1. The van der Waals surface area contributed by atoms with E-state index in [1.807, 2.05) is 27.7 Å². The molecular weight excluding hydrogens is 266 g/mol. The number of carboxylic acid groups (broad SMARTS) is 1. The van der Waals surface area contributed by atoms with Gasteiger partial charge in [0.25, 0.3) is 0 Å². The van der Waals surface area contributed by atoms with Gasteiger partial charge in [0.2, 0.25) is 0 Å². The molecule has 0 bridgehead atoms. The van der Waals surface area contributed by atoms with Crippen molar-refractivity contribution in [3.8, 4) is 0 Å². The fourth-order valence-electron chi connectivity index (χ4n) is 1.74. The lowest BCUT2D eigenvalue weighted by Crippen LogP contribution is -2.21. The van der Waals surface area contributed by atoms with Gasteiger partial charge in [-0.1, -0.05) is 20.8 Å². The smallest absolute Gasteiger partial charge is 0.347 e. The number of rotatable bonds is 6. The molecule has 0 aromatic carbocycles. The quantitative estimate of drug-likeness (QED) is 0.870. The molecule has 108 valence electrons. The molecule has 0 aliphatic rings. The van der Waals surface area contributed by atoms with E-state index in [2.05, 4.69) is 4.98 Å². The van der Waals surface area contributed by atoms with Gasteiger partial charge in [0, 0.05) is 13.7 Å². The maximum Gasteiger partial charge on any atom is 0.347 e. The minimum atomic E-state index is -0.972. The largest absolute Gasteiger partial charge is 0.477 e. The second kappa shape index (κ2) is 6.45. The molecule has 5 nitrogen and oxygen atoms in total. The predicted octanol–water partition coefficient (Wildman–Crippen LogP) is 3.11. The Hall–Kier alpha value is -0.980. The molecule has 0 spiro atoms. The normalized spacial score (nSPS) is 13.5. The van der Waals surface area contributed by atoms with Crippen molar-refractivity contribution < 1.29 is 19.4 Å². The highest BCUT2D eigenvalue weighted by Gasteiger charge is 2.31. The van der Waals surface area contributed by atoms with Gasteiger partial charge in [0.05, 0.1) is 12.3 Å². The SMILES string of the molecule is CCOC(c1nc(COC)c(C(=O)O)s1)C(C)(C)C. The fourth-order valence-corrected chi connectivity index (χ4v) is 2.95. The van der Waals surface area contributed by atoms with Crippen LogP contribution in [0.5, 0.6) is 0 Å². The van der Waals surface area contributed by atoms with Gasteiger partial charge in [-0.3, -0.25) is 0 Å². The summed E-state index contributed by atoms with van der Waals surface area (Å²) in [6.07, 6.45) is -0.216. The zero-order valence-corrected chi connectivity index (χ0v) is 12.8. The fraction of sp³-hybridized carbons (Fsp3) is 0.692. The molecule has 0 aliphatic heterocycles. The van der Waals surface area contributed by atoms with Crippen molar-refractivity contribution in [3.05, 3.63) is 15.6 Å². The molecule has 0 radical (unpaired) electrons. The average Bonchev–Trinajstić information content (AvgIpc) is 2.68. The zero-order valence-electron chi connectivity index (χ0n) is 12.0. The average molecular weight is 287 g/mol. The standard InChI is InChI=1S/C13H21NO4S/c1-6-18-10(13(2,3)4)11-14-8(7-17-5)9(19-11)12(15)16/h10H,6-7H2,1-5H3,(H,15,16). The van der Waals surface area contributed by atoms with Crippen molar-refractivity contribution in [2.45, 2.75) is 40.4 Å². The minimum Gasteiger partial charge on any atom is -0.477 e. The number of thiazole rings is 1. The summed E-state index contributed by atoms with van der Waals surface area (Å²) in [4.78, 5) is 15.8. The molecule has 1 N–H and O–H groups in total. The number of methoxy groups -OCH3 is 1. The number of nitrogens with zero attached hydrogens (tertiary/aromatic N) is 1. The first-order valence-electron chi connectivity index (χ1n) is 6.14. The molecule has 1 rings (SSSR count). The van der Waals surface area contributed by atoms with Crippen molar-refractivity contribution >= 4 is 17.3 Å². The molecule has 0 aliphatic carbocycles. The van der Waals surface area contributed by atoms with Crippen molar-refractivity contribution in [1.29, 1.82) is 0 Å². The molecule has 19 heavy (non-hydrogen) atoms. The Kier molecular flexibility index (Phi) is 5.46. The van der Waals surface area contributed by atoms with Gasteiger partial charge in [-0.15, -0.1) is 11.3 Å². The molecule has 1 atom stereocenters. The number of carbonyl (C=O) groups is 1. The van der Waals surface area contributed by atoms with E-state index >= 15 is 0 Å². The van der Waals surface area contributed by atoms with Crippen LogP contribution in [0.4, 0.5) is 0 Å². The third-order valence-corrected chi connectivity index (χ3v) is 3.66. The molecule has 1 heterocycles. The summed E-state index contributed by atoms with van der Waals surface area (Å²) in [5.41, 5.74) is 0.317. The van der Waals surface area contributed by atoms with Crippen LogP contribution < -0.4 is 0 Å². The van der Waals surface area contributed by atoms with Gasteiger partial charge >= 0.3 is 5.97 Å². The lowest BCUT2D eigenvalue weighted by molar-refractivity contribution is -0.0135. The van der Waals surface area contributed by atoms with Gasteiger partial charge in [-0.2, -0.15) is 0 Å². The summed E-state index contributed by atoms with van der Waals surface area (Å²) in [5, 5.41) is 9.89.